The number of halogens is 2. The van der Waals surface area contributed by atoms with Crippen LogP contribution < -0.4 is 15.0 Å². The van der Waals surface area contributed by atoms with Gasteiger partial charge < -0.3 is 15.0 Å². The maximum absolute atomic E-state index is 6.31. The number of hydrogen-bond donors (Lipinski definition) is 2. The molecule has 2 N–H and O–H groups in total. The van der Waals surface area contributed by atoms with Gasteiger partial charge in [-0.05, 0) is 57.0 Å². The summed E-state index contributed by atoms with van der Waals surface area (Å²) >= 11 is 12.6. The smallest absolute Gasteiger partial charge is 0.128 e. The van der Waals surface area contributed by atoms with Gasteiger partial charge in [0.15, 0.2) is 0 Å². The summed E-state index contributed by atoms with van der Waals surface area (Å²) in [6.45, 7) is 6.18. The molecule has 0 unspecified atom stereocenters. The molecule has 0 amide bonds. The number of pyridine rings is 2. The van der Waals surface area contributed by atoms with Gasteiger partial charge in [-0.3, -0.25) is 10.1 Å². The standard InChI is InChI=1S/C27H28Cl2N6O/c1-16(25-21(28)12-30-13-22(25)29)36-19-7-8-23-20(10-19)26(34-33-23)17-6-9-24(31-11-17)35-14-27(2,15-35)32-18-4-3-5-18/h6-13,16,18,32H,3-5,14-15H2,1-2H3,(H,33,34)/t16-/m1/s1. The van der Waals surface area contributed by atoms with Crippen LogP contribution in [0.25, 0.3) is 22.2 Å². The van der Waals surface area contributed by atoms with E-state index in [-0.39, 0.29) is 11.6 Å². The van der Waals surface area contributed by atoms with Crippen LogP contribution in [-0.2, 0) is 0 Å². The van der Waals surface area contributed by atoms with E-state index in [0.717, 1.165) is 41.1 Å². The van der Waals surface area contributed by atoms with Crippen LogP contribution in [0.5, 0.6) is 5.75 Å². The van der Waals surface area contributed by atoms with Crippen molar-refractivity contribution in [1.82, 2.24) is 25.5 Å². The Hall–Kier alpha value is -2.87. The fourth-order valence-corrected chi connectivity index (χ4v) is 5.84. The molecule has 1 atom stereocenters. The number of aromatic amines is 1. The van der Waals surface area contributed by atoms with Crippen molar-refractivity contribution in [3.63, 3.8) is 0 Å². The third-order valence-electron chi connectivity index (χ3n) is 7.23. The molecular weight excluding hydrogens is 495 g/mol. The number of ether oxygens (including phenoxy) is 1. The van der Waals surface area contributed by atoms with E-state index in [2.05, 4.69) is 44.5 Å². The molecule has 186 valence electrons. The van der Waals surface area contributed by atoms with Crippen molar-refractivity contribution < 1.29 is 4.74 Å². The second-order valence-electron chi connectivity index (χ2n) is 10.2. The minimum Gasteiger partial charge on any atom is -0.486 e. The van der Waals surface area contributed by atoms with Crippen molar-refractivity contribution in [2.24, 2.45) is 0 Å². The van der Waals surface area contributed by atoms with E-state index in [4.69, 9.17) is 32.9 Å². The van der Waals surface area contributed by atoms with Gasteiger partial charge in [0, 0.05) is 54.2 Å². The van der Waals surface area contributed by atoms with Gasteiger partial charge in [0.25, 0.3) is 0 Å². The largest absolute Gasteiger partial charge is 0.486 e. The molecule has 3 aromatic heterocycles. The topological polar surface area (TPSA) is 79.0 Å². The lowest BCUT2D eigenvalue weighted by Gasteiger charge is -2.52. The number of hydrogen-bond acceptors (Lipinski definition) is 6. The summed E-state index contributed by atoms with van der Waals surface area (Å²) < 4.78 is 6.20. The van der Waals surface area contributed by atoms with Crippen LogP contribution in [0, 0.1) is 0 Å². The molecular formula is C27H28Cl2N6O. The number of anilines is 1. The predicted octanol–water partition coefficient (Wildman–Crippen LogP) is 6.19. The molecule has 4 aromatic rings. The summed E-state index contributed by atoms with van der Waals surface area (Å²) in [4.78, 5) is 11.1. The zero-order chi connectivity index (χ0) is 24.9. The first-order valence-electron chi connectivity index (χ1n) is 12.3. The van der Waals surface area contributed by atoms with E-state index in [0.29, 0.717) is 27.4 Å². The van der Waals surface area contributed by atoms with Crippen molar-refractivity contribution in [3.05, 3.63) is 64.5 Å². The van der Waals surface area contributed by atoms with Crippen LogP contribution in [0.15, 0.2) is 48.9 Å². The summed E-state index contributed by atoms with van der Waals surface area (Å²) in [5.41, 5.74) is 3.61. The summed E-state index contributed by atoms with van der Waals surface area (Å²) in [6, 6.07) is 10.7. The Bertz CT molecular complexity index is 1380. The van der Waals surface area contributed by atoms with Crippen LogP contribution in [0.3, 0.4) is 0 Å². The Morgan fingerprint density at radius 2 is 1.89 bits per heavy atom. The molecule has 9 heteroatoms. The molecule has 1 aliphatic carbocycles. The minimum atomic E-state index is -0.345. The minimum absolute atomic E-state index is 0.183. The Balaban J connectivity index is 1.18. The van der Waals surface area contributed by atoms with Gasteiger partial charge in [0.2, 0.25) is 0 Å². The average molecular weight is 523 g/mol. The van der Waals surface area contributed by atoms with Gasteiger partial charge in [-0.1, -0.05) is 29.6 Å². The van der Waals surface area contributed by atoms with Crippen molar-refractivity contribution in [3.8, 4) is 17.0 Å². The van der Waals surface area contributed by atoms with Crippen LogP contribution in [0.4, 0.5) is 5.82 Å². The number of rotatable bonds is 7. The molecule has 0 radical (unpaired) electrons. The molecule has 1 saturated carbocycles. The van der Waals surface area contributed by atoms with Crippen LogP contribution in [0.1, 0.15) is 44.8 Å². The zero-order valence-electron chi connectivity index (χ0n) is 20.3. The molecule has 0 spiro atoms. The van der Waals surface area contributed by atoms with Crippen LogP contribution >= 0.6 is 23.2 Å². The molecule has 0 bridgehead atoms. The lowest BCUT2D eigenvalue weighted by Crippen LogP contribution is -2.70. The normalized spacial score (nSPS) is 18.1. The quantitative estimate of drug-likeness (QED) is 0.301. The number of fused-ring (bicyclic) bond motifs is 1. The highest BCUT2D eigenvalue weighted by atomic mass is 35.5. The highest BCUT2D eigenvalue weighted by Gasteiger charge is 2.41. The Morgan fingerprint density at radius 3 is 2.56 bits per heavy atom. The van der Waals surface area contributed by atoms with E-state index in [1.807, 2.05) is 31.3 Å². The van der Waals surface area contributed by atoms with Crippen LogP contribution in [-0.4, -0.2) is 44.8 Å². The third kappa shape index (κ3) is 4.40. The van der Waals surface area contributed by atoms with Crippen LogP contribution in [0.2, 0.25) is 10.0 Å². The van der Waals surface area contributed by atoms with Gasteiger partial charge in [0.1, 0.15) is 23.4 Å². The summed E-state index contributed by atoms with van der Waals surface area (Å²) in [5, 5.41) is 13.4. The molecule has 1 aromatic carbocycles. The zero-order valence-corrected chi connectivity index (χ0v) is 21.8. The van der Waals surface area contributed by atoms with Crippen molar-refractivity contribution in [1.29, 1.82) is 0 Å². The maximum Gasteiger partial charge on any atom is 0.128 e. The van der Waals surface area contributed by atoms with Gasteiger partial charge in [-0.25, -0.2) is 4.98 Å². The Morgan fingerprint density at radius 1 is 1.11 bits per heavy atom. The first kappa shape index (κ1) is 23.5. The number of aromatic nitrogens is 4. The molecule has 36 heavy (non-hydrogen) atoms. The number of H-pyrrole nitrogens is 1. The first-order chi connectivity index (χ1) is 17.4. The van der Waals surface area contributed by atoms with E-state index in [1.165, 1.54) is 19.3 Å². The van der Waals surface area contributed by atoms with E-state index < -0.39 is 0 Å². The summed E-state index contributed by atoms with van der Waals surface area (Å²) in [6.07, 6.45) is 8.65. The van der Waals surface area contributed by atoms with Crippen molar-refractivity contribution >= 4 is 39.9 Å². The highest BCUT2D eigenvalue weighted by Crippen LogP contribution is 2.35. The van der Waals surface area contributed by atoms with Gasteiger partial charge >= 0.3 is 0 Å². The fourth-order valence-electron chi connectivity index (χ4n) is 5.17. The van der Waals surface area contributed by atoms with E-state index >= 15 is 0 Å². The molecule has 7 nitrogen and oxygen atoms in total. The second-order valence-corrected chi connectivity index (χ2v) is 11.0. The molecule has 1 saturated heterocycles. The second kappa shape index (κ2) is 9.21. The molecule has 4 heterocycles. The average Bonchev–Trinajstić information content (AvgIpc) is 3.23. The lowest BCUT2D eigenvalue weighted by molar-refractivity contribution is 0.201. The fraction of sp³-hybridized carbons (Fsp3) is 0.370. The Labute approximate surface area is 220 Å². The Kier molecular flexibility index (Phi) is 6.02. The molecule has 2 aliphatic rings. The lowest BCUT2D eigenvalue weighted by atomic mass is 9.85. The van der Waals surface area contributed by atoms with E-state index in [1.54, 1.807) is 12.4 Å². The van der Waals surface area contributed by atoms with E-state index in [9.17, 15) is 0 Å². The van der Waals surface area contributed by atoms with Gasteiger partial charge in [0.05, 0.1) is 21.1 Å². The summed E-state index contributed by atoms with van der Waals surface area (Å²) in [7, 11) is 0. The molecule has 6 rings (SSSR count). The predicted molar refractivity (Wildman–Crippen MR) is 144 cm³/mol. The number of benzene rings is 1. The molecule has 2 fully saturated rings. The van der Waals surface area contributed by atoms with Gasteiger partial charge in [-0.15, -0.1) is 0 Å². The number of nitrogens with zero attached hydrogens (tertiary/aromatic N) is 4. The number of nitrogens with one attached hydrogen (secondary N) is 2. The van der Waals surface area contributed by atoms with Crippen molar-refractivity contribution in [2.75, 3.05) is 18.0 Å². The molecule has 1 aliphatic heterocycles. The SMILES string of the molecule is C[C@@H](Oc1ccc2[nH]nc(-c3ccc(N4CC(C)(NC5CCC5)C4)nc3)c2c1)c1c(Cl)cncc1Cl. The van der Waals surface area contributed by atoms with Gasteiger partial charge in [-0.2, -0.15) is 5.10 Å². The van der Waals surface area contributed by atoms with Crippen molar-refractivity contribution in [2.45, 2.75) is 50.8 Å². The first-order valence-corrected chi connectivity index (χ1v) is 13.1. The maximum atomic E-state index is 6.31. The highest BCUT2D eigenvalue weighted by molar-refractivity contribution is 6.35. The monoisotopic (exact) mass is 522 g/mol. The third-order valence-corrected chi connectivity index (χ3v) is 7.83. The summed E-state index contributed by atoms with van der Waals surface area (Å²) in [5.74, 6) is 1.69.